The molecule has 0 aliphatic rings. The molecule has 0 fully saturated rings. The molecule has 2 aromatic carbocycles. The third kappa shape index (κ3) is 3.96. The van der Waals surface area contributed by atoms with Crippen LogP contribution < -0.4 is 10.1 Å². The van der Waals surface area contributed by atoms with Crippen molar-refractivity contribution in [1.82, 2.24) is 4.57 Å². The van der Waals surface area contributed by atoms with Crippen molar-refractivity contribution in [3.8, 4) is 0 Å². The van der Waals surface area contributed by atoms with Crippen molar-refractivity contribution in [2.75, 3.05) is 5.32 Å². The monoisotopic (exact) mass is 323 g/mol. The molecule has 1 N–H and O–H groups in total. The van der Waals surface area contributed by atoms with Gasteiger partial charge in [0.2, 0.25) is 5.91 Å². The van der Waals surface area contributed by atoms with Crippen LogP contribution in [-0.2, 0) is 18.3 Å². The van der Waals surface area contributed by atoms with Crippen molar-refractivity contribution in [2.24, 2.45) is 12.0 Å². The highest BCUT2D eigenvalue weighted by molar-refractivity contribution is 7.07. The Morgan fingerprint density at radius 3 is 2.43 bits per heavy atom. The van der Waals surface area contributed by atoms with Gasteiger partial charge in [0, 0.05) is 23.8 Å². The zero-order valence-corrected chi connectivity index (χ0v) is 13.6. The first-order chi connectivity index (χ1) is 11.2. The maximum atomic E-state index is 12.2. The minimum Gasteiger partial charge on any atom is -0.326 e. The molecule has 4 nitrogen and oxygen atoms in total. The van der Waals surface area contributed by atoms with Gasteiger partial charge in [-0.15, -0.1) is 11.3 Å². The Kier molecular flexibility index (Phi) is 4.68. The molecule has 0 atom stereocenters. The summed E-state index contributed by atoms with van der Waals surface area (Å²) in [7, 11) is 1.93. The van der Waals surface area contributed by atoms with Crippen LogP contribution in [0.3, 0.4) is 0 Å². The maximum absolute atomic E-state index is 12.2. The smallest absolute Gasteiger partial charge is 0.230 e. The van der Waals surface area contributed by atoms with Gasteiger partial charge in [-0.2, -0.15) is 0 Å². The Labute approximate surface area is 138 Å². The van der Waals surface area contributed by atoms with E-state index in [9.17, 15) is 4.79 Å². The van der Waals surface area contributed by atoms with E-state index in [-0.39, 0.29) is 5.91 Å². The predicted molar refractivity (Wildman–Crippen MR) is 93.7 cm³/mol. The average Bonchev–Trinajstić information content (AvgIpc) is 2.90. The Bertz CT molecular complexity index is 851. The van der Waals surface area contributed by atoms with Gasteiger partial charge in [-0.3, -0.25) is 4.79 Å². The molecule has 0 bridgehead atoms. The minimum atomic E-state index is -0.0316. The number of para-hydroxylation sites is 2. The Morgan fingerprint density at radius 1 is 1.09 bits per heavy atom. The summed E-state index contributed by atoms with van der Waals surface area (Å²) in [5.41, 5.74) is 2.66. The molecule has 0 spiro atoms. The van der Waals surface area contributed by atoms with Crippen LogP contribution in [0.25, 0.3) is 0 Å². The fourth-order valence-corrected chi connectivity index (χ4v) is 3.08. The number of carbonyl (C=O) groups excluding carboxylic acids is 1. The van der Waals surface area contributed by atoms with E-state index in [2.05, 4.69) is 10.3 Å². The summed E-state index contributed by atoms with van der Waals surface area (Å²) in [6, 6.07) is 19.3. The van der Waals surface area contributed by atoms with Crippen molar-refractivity contribution in [1.29, 1.82) is 0 Å². The molecular formula is C18H17N3OS. The molecule has 1 amide bonds. The van der Waals surface area contributed by atoms with E-state index in [4.69, 9.17) is 0 Å². The van der Waals surface area contributed by atoms with Gasteiger partial charge in [0.15, 0.2) is 4.80 Å². The minimum absolute atomic E-state index is 0.0316. The molecule has 5 heteroatoms. The summed E-state index contributed by atoms with van der Waals surface area (Å²) in [6.45, 7) is 0. The SMILES string of the molecule is Cn1c(CC(=O)Nc2ccccc2)csc1=Nc1ccccc1. The third-order valence-corrected chi connectivity index (χ3v) is 4.36. The van der Waals surface area contributed by atoms with Crippen LogP contribution >= 0.6 is 11.3 Å². The van der Waals surface area contributed by atoms with Crippen LogP contribution in [0.1, 0.15) is 5.69 Å². The number of aromatic nitrogens is 1. The summed E-state index contributed by atoms with van der Waals surface area (Å²) in [4.78, 5) is 17.6. The molecule has 23 heavy (non-hydrogen) atoms. The zero-order valence-electron chi connectivity index (χ0n) is 12.8. The van der Waals surface area contributed by atoms with Crippen LogP contribution in [0, 0.1) is 0 Å². The molecule has 0 saturated heterocycles. The van der Waals surface area contributed by atoms with Gasteiger partial charge >= 0.3 is 0 Å². The number of benzene rings is 2. The second-order valence-electron chi connectivity index (χ2n) is 5.11. The number of nitrogens with one attached hydrogen (secondary N) is 1. The third-order valence-electron chi connectivity index (χ3n) is 3.40. The molecule has 3 rings (SSSR count). The van der Waals surface area contributed by atoms with E-state index in [1.165, 1.54) is 11.3 Å². The second kappa shape index (κ2) is 7.07. The fraction of sp³-hybridized carbons (Fsp3) is 0.111. The molecule has 0 saturated carbocycles. The second-order valence-corrected chi connectivity index (χ2v) is 5.94. The predicted octanol–water partition coefficient (Wildman–Crippen LogP) is 3.50. The first-order valence-corrected chi connectivity index (χ1v) is 8.18. The van der Waals surface area contributed by atoms with Gasteiger partial charge in [-0.1, -0.05) is 36.4 Å². The van der Waals surface area contributed by atoms with Gasteiger partial charge in [0.1, 0.15) is 0 Å². The van der Waals surface area contributed by atoms with E-state index in [1.54, 1.807) is 0 Å². The topological polar surface area (TPSA) is 46.4 Å². The van der Waals surface area contributed by atoms with E-state index in [0.29, 0.717) is 6.42 Å². The van der Waals surface area contributed by atoms with Crippen molar-refractivity contribution >= 4 is 28.6 Å². The molecule has 116 valence electrons. The molecule has 0 aliphatic carbocycles. The van der Waals surface area contributed by atoms with E-state index < -0.39 is 0 Å². The van der Waals surface area contributed by atoms with E-state index in [0.717, 1.165) is 21.9 Å². The lowest BCUT2D eigenvalue weighted by Gasteiger charge is -2.05. The molecule has 0 unspecified atom stereocenters. The highest BCUT2D eigenvalue weighted by Crippen LogP contribution is 2.11. The number of rotatable bonds is 4. The number of nitrogens with zero attached hydrogens (tertiary/aromatic N) is 2. The lowest BCUT2D eigenvalue weighted by molar-refractivity contribution is -0.115. The van der Waals surface area contributed by atoms with Gasteiger partial charge in [-0.05, 0) is 24.3 Å². The Balaban J connectivity index is 1.75. The first kappa shape index (κ1) is 15.2. The van der Waals surface area contributed by atoms with Crippen LogP contribution in [0.15, 0.2) is 71.0 Å². The van der Waals surface area contributed by atoms with Crippen molar-refractivity contribution in [3.05, 3.63) is 76.5 Å². The van der Waals surface area contributed by atoms with Crippen molar-refractivity contribution < 1.29 is 4.79 Å². The number of anilines is 1. The van der Waals surface area contributed by atoms with Gasteiger partial charge in [0.25, 0.3) is 0 Å². The standard InChI is InChI=1S/C18H17N3OS/c1-21-16(12-17(22)19-14-8-4-2-5-9-14)13-23-18(21)20-15-10-6-3-7-11-15/h2-11,13H,12H2,1H3,(H,19,22). The van der Waals surface area contributed by atoms with Crippen LogP contribution in [0.5, 0.6) is 0 Å². The maximum Gasteiger partial charge on any atom is 0.230 e. The highest BCUT2D eigenvalue weighted by atomic mass is 32.1. The summed E-state index contributed by atoms with van der Waals surface area (Å²) in [5.74, 6) is -0.0316. The summed E-state index contributed by atoms with van der Waals surface area (Å²) >= 11 is 1.54. The van der Waals surface area contributed by atoms with Gasteiger partial charge in [0.05, 0.1) is 12.1 Å². The lowest BCUT2D eigenvalue weighted by Crippen LogP contribution is -2.19. The molecule has 0 radical (unpaired) electrons. The Morgan fingerprint density at radius 2 is 1.74 bits per heavy atom. The zero-order chi connectivity index (χ0) is 16.1. The van der Waals surface area contributed by atoms with E-state index >= 15 is 0 Å². The van der Waals surface area contributed by atoms with Gasteiger partial charge < -0.3 is 9.88 Å². The summed E-state index contributed by atoms with van der Waals surface area (Å²) < 4.78 is 1.96. The molecule has 1 aromatic heterocycles. The van der Waals surface area contributed by atoms with Crippen molar-refractivity contribution in [3.63, 3.8) is 0 Å². The highest BCUT2D eigenvalue weighted by Gasteiger charge is 2.08. The molecule has 0 aliphatic heterocycles. The number of amides is 1. The lowest BCUT2D eigenvalue weighted by atomic mass is 10.3. The number of hydrogen-bond acceptors (Lipinski definition) is 3. The molecule has 3 aromatic rings. The summed E-state index contributed by atoms with van der Waals surface area (Å²) in [6.07, 6.45) is 0.326. The largest absolute Gasteiger partial charge is 0.326 e. The number of carbonyl (C=O) groups is 1. The fourth-order valence-electron chi connectivity index (χ4n) is 2.17. The van der Waals surface area contributed by atoms with Crippen molar-refractivity contribution in [2.45, 2.75) is 6.42 Å². The van der Waals surface area contributed by atoms with Crippen LogP contribution in [0.4, 0.5) is 11.4 Å². The van der Waals surface area contributed by atoms with Crippen LogP contribution in [-0.4, -0.2) is 10.5 Å². The average molecular weight is 323 g/mol. The van der Waals surface area contributed by atoms with E-state index in [1.807, 2.05) is 77.7 Å². The number of hydrogen-bond donors (Lipinski definition) is 1. The molecule has 1 heterocycles. The summed E-state index contributed by atoms with van der Waals surface area (Å²) in [5, 5.41) is 4.88. The van der Waals surface area contributed by atoms with Crippen LogP contribution in [0.2, 0.25) is 0 Å². The normalized spacial score (nSPS) is 11.4. The number of thiazole rings is 1. The first-order valence-electron chi connectivity index (χ1n) is 7.30. The molecular weight excluding hydrogens is 306 g/mol. The van der Waals surface area contributed by atoms with Gasteiger partial charge in [-0.25, -0.2) is 4.99 Å². The Hall–Kier alpha value is -2.66. The quantitative estimate of drug-likeness (QED) is 0.785.